The first-order valence-electron chi connectivity index (χ1n) is 10.4. The summed E-state index contributed by atoms with van der Waals surface area (Å²) in [5, 5.41) is 1.11. The van der Waals surface area contributed by atoms with Crippen molar-refractivity contribution in [1.82, 2.24) is 9.38 Å². The minimum Gasteiger partial charge on any atom is -0.497 e. The minimum absolute atomic E-state index is 0.162. The van der Waals surface area contributed by atoms with E-state index in [-0.39, 0.29) is 12.5 Å². The van der Waals surface area contributed by atoms with Gasteiger partial charge < -0.3 is 9.47 Å². The van der Waals surface area contributed by atoms with Crippen molar-refractivity contribution >= 4 is 40.6 Å². The molecular weight excluding hydrogens is 461 g/mol. The van der Waals surface area contributed by atoms with Gasteiger partial charge in [-0.25, -0.2) is 4.98 Å². The Kier molecular flexibility index (Phi) is 6.77. The molecule has 0 atom stereocenters. The number of fused-ring (bicyclic) bond motifs is 1. The number of imidazole rings is 1. The number of halogens is 2. The number of ether oxygens (including phenoxy) is 2. The Hall–Kier alpha value is -3.22. The first kappa shape index (κ1) is 23.0. The third-order valence-electron chi connectivity index (χ3n) is 5.33. The Balaban J connectivity index is 1.68. The number of hydrogen-bond donors (Lipinski definition) is 0. The van der Waals surface area contributed by atoms with Crippen molar-refractivity contribution in [3.05, 3.63) is 87.7 Å². The molecule has 0 spiro atoms. The molecule has 2 aromatic heterocycles. The Morgan fingerprint density at radius 2 is 1.94 bits per heavy atom. The first-order valence-corrected chi connectivity index (χ1v) is 11.2. The molecule has 0 unspecified atom stereocenters. The molecule has 6 nitrogen and oxygen atoms in total. The molecule has 2 aromatic carbocycles. The quantitative estimate of drug-likeness (QED) is 0.320. The van der Waals surface area contributed by atoms with Crippen LogP contribution in [0.2, 0.25) is 10.0 Å². The van der Waals surface area contributed by atoms with Crippen LogP contribution in [-0.4, -0.2) is 29.4 Å². The summed E-state index contributed by atoms with van der Waals surface area (Å²) in [5.74, 6) is 1.74. The number of methoxy groups -OCH3 is 1. The van der Waals surface area contributed by atoms with Gasteiger partial charge >= 0.3 is 0 Å². The van der Waals surface area contributed by atoms with Crippen LogP contribution in [0.15, 0.2) is 60.8 Å². The Morgan fingerprint density at radius 3 is 2.67 bits per heavy atom. The minimum atomic E-state index is -0.162. The number of rotatable bonds is 7. The number of nitrogens with zero attached hydrogens (tertiary/aromatic N) is 3. The van der Waals surface area contributed by atoms with Crippen LogP contribution in [0.3, 0.4) is 0 Å². The van der Waals surface area contributed by atoms with Gasteiger partial charge in [0, 0.05) is 34.4 Å². The fourth-order valence-electron chi connectivity index (χ4n) is 3.62. The van der Waals surface area contributed by atoms with E-state index in [1.807, 2.05) is 35.7 Å². The van der Waals surface area contributed by atoms with Gasteiger partial charge in [-0.05, 0) is 48.9 Å². The second kappa shape index (κ2) is 9.73. The Bertz CT molecular complexity index is 1320. The highest BCUT2D eigenvalue weighted by atomic mass is 35.5. The first-order chi connectivity index (χ1) is 15.9. The number of benzene rings is 2. The van der Waals surface area contributed by atoms with Gasteiger partial charge in [-0.2, -0.15) is 0 Å². The van der Waals surface area contributed by atoms with Gasteiger partial charge in [-0.1, -0.05) is 42.3 Å². The van der Waals surface area contributed by atoms with Crippen LogP contribution in [0, 0.1) is 0 Å². The molecule has 0 aliphatic heterocycles. The molecule has 4 rings (SSSR count). The molecule has 0 N–H and O–H groups in total. The van der Waals surface area contributed by atoms with Gasteiger partial charge in [0.1, 0.15) is 18.2 Å². The summed E-state index contributed by atoms with van der Waals surface area (Å²) in [6.07, 6.45) is 2.52. The zero-order valence-corrected chi connectivity index (χ0v) is 20.0. The Labute approximate surface area is 202 Å². The molecule has 0 saturated carbocycles. The van der Waals surface area contributed by atoms with Gasteiger partial charge in [0.15, 0.2) is 11.4 Å². The van der Waals surface area contributed by atoms with Gasteiger partial charge in [0.2, 0.25) is 0 Å². The maximum absolute atomic E-state index is 13.3. The van der Waals surface area contributed by atoms with E-state index < -0.39 is 0 Å². The number of pyridine rings is 1. The van der Waals surface area contributed by atoms with E-state index in [1.165, 1.54) is 0 Å². The normalized spacial score (nSPS) is 10.9. The number of amides is 1. The van der Waals surface area contributed by atoms with Crippen molar-refractivity contribution in [2.45, 2.75) is 20.0 Å². The smallest absolute Gasteiger partial charge is 0.259 e. The van der Waals surface area contributed by atoms with E-state index in [0.717, 1.165) is 11.3 Å². The van der Waals surface area contributed by atoms with Crippen molar-refractivity contribution in [3.63, 3.8) is 0 Å². The van der Waals surface area contributed by atoms with Crippen molar-refractivity contribution in [1.29, 1.82) is 0 Å². The second-order valence-electron chi connectivity index (χ2n) is 7.42. The maximum atomic E-state index is 13.3. The molecule has 1 amide bonds. The van der Waals surface area contributed by atoms with Crippen LogP contribution in [-0.2, 0) is 13.0 Å². The monoisotopic (exact) mass is 483 g/mol. The largest absolute Gasteiger partial charge is 0.497 e. The maximum Gasteiger partial charge on any atom is 0.259 e. The van der Waals surface area contributed by atoms with Crippen molar-refractivity contribution in [2.75, 3.05) is 19.1 Å². The summed E-state index contributed by atoms with van der Waals surface area (Å²) in [7, 11) is 3.32. The zero-order valence-electron chi connectivity index (χ0n) is 18.5. The zero-order chi connectivity index (χ0) is 23.5. The third kappa shape index (κ3) is 4.63. The van der Waals surface area contributed by atoms with Crippen LogP contribution < -0.4 is 14.4 Å². The summed E-state index contributed by atoms with van der Waals surface area (Å²) in [5.41, 5.74) is 2.75. The molecule has 170 valence electrons. The highest BCUT2D eigenvalue weighted by Crippen LogP contribution is 2.30. The lowest BCUT2D eigenvalue weighted by Crippen LogP contribution is -2.28. The van der Waals surface area contributed by atoms with Gasteiger partial charge in [-0.3, -0.25) is 14.1 Å². The van der Waals surface area contributed by atoms with Crippen molar-refractivity contribution < 1.29 is 14.3 Å². The van der Waals surface area contributed by atoms with Crippen molar-refractivity contribution in [2.24, 2.45) is 0 Å². The fourth-order valence-corrected chi connectivity index (χ4v) is 4.09. The molecule has 8 heteroatoms. The summed E-state index contributed by atoms with van der Waals surface area (Å²) < 4.78 is 13.2. The predicted molar refractivity (Wildman–Crippen MR) is 131 cm³/mol. The Morgan fingerprint density at radius 1 is 1.12 bits per heavy atom. The molecule has 33 heavy (non-hydrogen) atoms. The van der Waals surface area contributed by atoms with E-state index in [4.69, 9.17) is 37.7 Å². The van der Waals surface area contributed by atoms with Gasteiger partial charge in [0.05, 0.1) is 12.8 Å². The number of carbonyl (C=O) groups excluding carboxylic acids is 1. The molecule has 0 aliphatic rings. The van der Waals surface area contributed by atoms with Crippen LogP contribution >= 0.6 is 23.2 Å². The standard InChI is InChI=1S/C25H23Cl2N3O3/c1-4-21-24(29(2)25(31)16-7-5-8-19(13-16)32-3)30-12-6-9-22(23(30)28-21)33-15-17-10-11-18(26)14-20(17)27/h5-14H,4,15H2,1-3H3. The molecule has 2 heterocycles. The van der Waals surface area contributed by atoms with Crippen LogP contribution in [0.25, 0.3) is 5.65 Å². The topological polar surface area (TPSA) is 56.1 Å². The predicted octanol–water partition coefficient (Wildman–Crippen LogP) is 6.07. The molecule has 0 saturated heterocycles. The highest BCUT2D eigenvalue weighted by Gasteiger charge is 2.23. The lowest BCUT2D eigenvalue weighted by atomic mass is 10.2. The SMILES string of the molecule is CCc1nc2c(OCc3ccc(Cl)cc3Cl)cccn2c1N(C)C(=O)c1cccc(OC)c1. The summed E-state index contributed by atoms with van der Waals surface area (Å²) in [6, 6.07) is 16.1. The second-order valence-corrected chi connectivity index (χ2v) is 8.27. The molecule has 4 aromatic rings. The van der Waals surface area contributed by atoms with Crippen LogP contribution in [0.5, 0.6) is 11.5 Å². The van der Waals surface area contributed by atoms with Crippen LogP contribution in [0.4, 0.5) is 5.82 Å². The number of aromatic nitrogens is 2. The third-order valence-corrected chi connectivity index (χ3v) is 5.92. The van der Waals surface area contributed by atoms with Gasteiger partial charge in [0.25, 0.3) is 5.91 Å². The summed E-state index contributed by atoms with van der Waals surface area (Å²) in [6.45, 7) is 2.26. The summed E-state index contributed by atoms with van der Waals surface area (Å²) in [4.78, 5) is 19.6. The molecule has 0 bridgehead atoms. The molecule has 0 radical (unpaired) electrons. The van der Waals surface area contributed by atoms with E-state index in [9.17, 15) is 4.79 Å². The van der Waals surface area contributed by atoms with E-state index in [0.29, 0.717) is 45.0 Å². The summed E-state index contributed by atoms with van der Waals surface area (Å²) >= 11 is 12.3. The van der Waals surface area contributed by atoms with Gasteiger partial charge in [-0.15, -0.1) is 0 Å². The fraction of sp³-hybridized carbons (Fsp3) is 0.200. The van der Waals surface area contributed by atoms with Crippen molar-refractivity contribution in [3.8, 4) is 11.5 Å². The highest BCUT2D eigenvalue weighted by molar-refractivity contribution is 6.35. The number of carbonyl (C=O) groups is 1. The average Bonchev–Trinajstić information content (AvgIpc) is 3.22. The lowest BCUT2D eigenvalue weighted by Gasteiger charge is -2.19. The molecular formula is C25H23Cl2N3O3. The lowest BCUT2D eigenvalue weighted by molar-refractivity contribution is 0.0991. The number of anilines is 1. The molecule has 0 fully saturated rings. The molecule has 0 aliphatic carbocycles. The van der Waals surface area contributed by atoms with E-state index in [2.05, 4.69) is 0 Å². The van der Waals surface area contributed by atoms with E-state index in [1.54, 1.807) is 55.5 Å². The number of hydrogen-bond acceptors (Lipinski definition) is 4. The van der Waals surface area contributed by atoms with E-state index >= 15 is 0 Å². The van der Waals surface area contributed by atoms with Crippen LogP contribution in [0.1, 0.15) is 28.5 Å². The average molecular weight is 484 g/mol. The number of aryl methyl sites for hydroxylation is 1.